The zero-order valence-electron chi connectivity index (χ0n) is 10.3. The Morgan fingerprint density at radius 3 is 3.00 bits per heavy atom. The van der Waals surface area contributed by atoms with Crippen molar-refractivity contribution >= 4 is 15.9 Å². The molecule has 2 aromatic heterocycles. The van der Waals surface area contributed by atoms with E-state index in [4.69, 9.17) is 4.74 Å². The monoisotopic (exact) mass is 319 g/mol. The van der Waals surface area contributed by atoms with Gasteiger partial charge in [0, 0.05) is 29.6 Å². The molecule has 0 amide bonds. The Labute approximate surface area is 120 Å². The van der Waals surface area contributed by atoms with Crippen LogP contribution in [0.3, 0.4) is 0 Å². The Morgan fingerprint density at radius 2 is 2.32 bits per heavy atom. The first-order valence-corrected chi connectivity index (χ1v) is 7.04. The number of ether oxygens (including phenoxy) is 1. The molecule has 1 atom stereocenters. The lowest BCUT2D eigenvalue weighted by Gasteiger charge is -2.27. The summed E-state index contributed by atoms with van der Waals surface area (Å²) in [5.41, 5.74) is 2.02. The van der Waals surface area contributed by atoms with E-state index in [1.807, 2.05) is 24.4 Å². The van der Waals surface area contributed by atoms with Crippen molar-refractivity contribution in [1.29, 1.82) is 0 Å². The van der Waals surface area contributed by atoms with Crippen LogP contribution in [0.2, 0.25) is 0 Å². The smallest absolute Gasteiger partial charge is 0.138 e. The highest BCUT2D eigenvalue weighted by atomic mass is 79.9. The number of nitrogens with one attached hydrogen (secondary N) is 1. The van der Waals surface area contributed by atoms with Crippen molar-refractivity contribution in [3.63, 3.8) is 0 Å². The lowest BCUT2D eigenvalue weighted by atomic mass is 10.1. The van der Waals surface area contributed by atoms with Crippen molar-refractivity contribution in [2.45, 2.75) is 12.5 Å². The van der Waals surface area contributed by atoms with Crippen molar-refractivity contribution in [2.24, 2.45) is 0 Å². The molecule has 0 bridgehead atoms. The van der Waals surface area contributed by atoms with Crippen molar-refractivity contribution in [3.05, 3.63) is 41.4 Å². The number of aromatic nitrogens is 2. The Kier molecular flexibility index (Phi) is 3.75. The number of rotatable bonds is 4. The minimum absolute atomic E-state index is 0.477. The molecule has 1 saturated heterocycles. The fourth-order valence-electron chi connectivity index (χ4n) is 1.92. The normalized spacial score (nSPS) is 17.8. The predicted molar refractivity (Wildman–Crippen MR) is 77.1 cm³/mol. The van der Waals surface area contributed by atoms with E-state index in [-0.39, 0.29) is 0 Å². The summed E-state index contributed by atoms with van der Waals surface area (Å²) in [7, 11) is 0. The van der Waals surface area contributed by atoms with E-state index in [0.29, 0.717) is 12.6 Å². The molecule has 2 aromatic rings. The largest absolute Gasteiger partial charge is 0.490 e. The van der Waals surface area contributed by atoms with Gasteiger partial charge in [-0.1, -0.05) is 6.07 Å². The molecule has 1 aliphatic rings. The summed E-state index contributed by atoms with van der Waals surface area (Å²) in [4.78, 5) is 8.45. The number of hydrogen-bond donors (Lipinski definition) is 1. The molecule has 1 N–H and O–H groups in total. The van der Waals surface area contributed by atoms with Gasteiger partial charge in [0.05, 0.1) is 6.20 Å². The highest BCUT2D eigenvalue weighted by Gasteiger charge is 2.17. The molecule has 0 aliphatic carbocycles. The molecule has 0 spiro atoms. The first kappa shape index (κ1) is 12.6. The summed E-state index contributed by atoms with van der Waals surface area (Å²) in [6, 6.07) is 6.39. The number of hydrogen-bond acceptors (Lipinski definition) is 4. The quantitative estimate of drug-likeness (QED) is 0.880. The third kappa shape index (κ3) is 2.93. The van der Waals surface area contributed by atoms with Gasteiger partial charge in [-0.2, -0.15) is 0 Å². The van der Waals surface area contributed by atoms with Gasteiger partial charge < -0.3 is 10.1 Å². The Balaban J connectivity index is 1.79. The molecule has 0 saturated carbocycles. The molecular formula is C14H14BrN3O. The molecular weight excluding hydrogens is 306 g/mol. The Bertz CT molecular complexity index is 558. The van der Waals surface area contributed by atoms with Crippen molar-refractivity contribution < 1.29 is 4.74 Å². The van der Waals surface area contributed by atoms with Gasteiger partial charge in [0.1, 0.15) is 17.0 Å². The van der Waals surface area contributed by atoms with Gasteiger partial charge in [-0.15, -0.1) is 0 Å². The first-order valence-electron chi connectivity index (χ1n) is 6.25. The van der Waals surface area contributed by atoms with Crippen LogP contribution in [0.15, 0.2) is 41.4 Å². The van der Waals surface area contributed by atoms with Gasteiger partial charge in [-0.3, -0.25) is 4.98 Å². The predicted octanol–water partition coefficient (Wildman–Crippen LogP) is 2.65. The third-order valence-electron chi connectivity index (χ3n) is 3.16. The minimum Gasteiger partial charge on any atom is -0.490 e. The molecule has 3 rings (SSSR count). The van der Waals surface area contributed by atoms with Crippen molar-refractivity contribution in [1.82, 2.24) is 15.3 Å². The lowest BCUT2D eigenvalue weighted by molar-refractivity contribution is 0.217. The van der Waals surface area contributed by atoms with Crippen LogP contribution in [0.5, 0.6) is 5.75 Å². The SMILES string of the molecule is Brc1ncc(OC[C@@H]2CCN2)cc1-c1cccnc1. The average molecular weight is 320 g/mol. The summed E-state index contributed by atoms with van der Waals surface area (Å²) in [5.74, 6) is 0.788. The second-order valence-electron chi connectivity index (χ2n) is 4.50. The van der Waals surface area contributed by atoms with Crippen LogP contribution in [0.4, 0.5) is 0 Å². The van der Waals surface area contributed by atoms with Crippen LogP contribution < -0.4 is 10.1 Å². The standard InChI is InChI=1S/C14H14BrN3O/c15-14-13(10-2-1-4-16-7-10)6-12(8-18-14)19-9-11-3-5-17-11/h1-2,4,6-8,11,17H,3,5,9H2/t11-/m0/s1. The maximum absolute atomic E-state index is 5.76. The van der Waals surface area contributed by atoms with Crippen LogP contribution in [0.25, 0.3) is 11.1 Å². The third-order valence-corrected chi connectivity index (χ3v) is 3.80. The molecule has 0 aromatic carbocycles. The van der Waals surface area contributed by atoms with Crippen molar-refractivity contribution in [3.8, 4) is 16.9 Å². The van der Waals surface area contributed by atoms with E-state index in [9.17, 15) is 0 Å². The molecule has 1 aliphatic heterocycles. The summed E-state index contributed by atoms with van der Waals surface area (Å²) >= 11 is 3.47. The van der Waals surface area contributed by atoms with E-state index in [1.165, 1.54) is 6.42 Å². The van der Waals surface area contributed by atoms with Gasteiger partial charge in [0.2, 0.25) is 0 Å². The summed E-state index contributed by atoms with van der Waals surface area (Å²) in [6.45, 7) is 1.78. The van der Waals surface area contributed by atoms with Crippen molar-refractivity contribution in [2.75, 3.05) is 13.2 Å². The highest BCUT2D eigenvalue weighted by molar-refractivity contribution is 9.10. The van der Waals surface area contributed by atoms with E-state index in [2.05, 4.69) is 31.2 Å². The summed E-state index contributed by atoms with van der Waals surface area (Å²) in [5, 5.41) is 3.31. The minimum atomic E-state index is 0.477. The fraction of sp³-hybridized carbons (Fsp3) is 0.286. The molecule has 4 nitrogen and oxygen atoms in total. The number of halogens is 1. The fourth-order valence-corrected chi connectivity index (χ4v) is 2.37. The van der Waals surface area contributed by atoms with Gasteiger partial charge >= 0.3 is 0 Å². The maximum Gasteiger partial charge on any atom is 0.138 e. The second kappa shape index (κ2) is 5.67. The van der Waals surface area contributed by atoms with E-state index in [1.54, 1.807) is 12.4 Å². The summed E-state index contributed by atoms with van der Waals surface area (Å²) in [6.07, 6.45) is 6.49. The molecule has 19 heavy (non-hydrogen) atoms. The van der Waals surface area contributed by atoms with E-state index >= 15 is 0 Å². The first-order chi connectivity index (χ1) is 9.33. The molecule has 5 heteroatoms. The average Bonchev–Trinajstić information content (AvgIpc) is 2.40. The number of nitrogens with zero attached hydrogens (tertiary/aromatic N) is 2. The molecule has 1 fully saturated rings. The molecule has 0 unspecified atom stereocenters. The second-order valence-corrected chi connectivity index (χ2v) is 5.25. The van der Waals surface area contributed by atoms with Crippen LogP contribution in [0, 0.1) is 0 Å². The molecule has 98 valence electrons. The van der Waals surface area contributed by atoms with Crippen LogP contribution >= 0.6 is 15.9 Å². The van der Waals surface area contributed by atoms with E-state index in [0.717, 1.165) is 28.0 Å². The van der Waals surface area contributed by atoms with Gasteiger partial charge in [0.25, 0.3) is 0 Å². The lowest BCUT2D eigenvalue weighted by Crippen LogP contribution is -2.46. The zero-order valence-corrected chi connectivity index (χ0v) is 11.9. The van der Waals surface area contributed by atoms with Crippen LogP contribution in [-0.2, 0) is 0 Å². The van der Waals surface area contributed by atoms with E-state index < -0.39 is 0 Å². The summed E-state index contributed by atoms with van der Waals surface area (Å²) < 4.78 is 6.56. The maximum atomic E-state index is 5.76. The Hall–Kier alpha value is -1.46. The molecule has 0 radical (unpaired) electrons. The van der Waals surface area contributed by atoms with Gasteiger partial charge in [0.15, 0.2) is 0 Å². The zero-order chi connectivity index (χ0) is 13.1. The van der Waals surface area contributed by atoms with Gasteiger partial charge in [-0.25, -0.2) is 4.98 Å². The topological polar surface area (TPSA) is 47.0 Å². The number of pyridine rings is 2. The van der Waals surface area contributed by atoms with Crippen LogP contribution in [0.1, 0.15) is 6.42 Å². The van der Waals surface area contributed by atoms with Gasteiger partial charge in [-0.05, 0) is 41.0 Å². The molecule has 3 heterocycles. The van der Waals surface area contributed by atoms with Crippen LogP contribution in [-0.4, -0.2) is 29.2 Å². The highest BCUT2D eigenvalue weighted by Crippen LogP contribution is 2.29. The Morgan fingerprint density at radius 1 is 1.42 bits per heavy atom.